The molecule has 20 heavy (non-hydrogen) atoms. The van der Waals surface area contributed by atoms with Crippen molar-refractivity contribution in [1.29, 1.82) is 0 Å². The Morgan fingerprint density at radius 2 is 2.05 bits per heavy atom. The van der Waals surface area contributed by atoms with Crippen LogP contribution < -0.4 is 0 Å². The molecule has 0 radical (unpaired) electrons. The van der Waals surface area contributed by atoms with E-state index in [1.54, 1.807) is 0 Å². The summed E-state index contributed by atoms with van der Waals surface area (Å²) in [5, 5.41) is 1.11. The molecule has 0 aromatic carbocycles. The smallest absolute Gasteiger partial charge is 0.144 e. The molecule has 2 aromatic rings. The minimum Gasteiger partial charge on any atom is -0.376 e. The second kappa shape index (κ2) is 4.93. The van der Waals surface area contributed by atoms with Crippen LogP contribution in [-0.2, 0) is 0 Å². The van der Waals surface area contributed by atoms with E-state index in [0.29, 0.717) is 6.04 Å². The number of rotatable bonds is 3. The second-order valence-corrected chi connectivity index (χ2v) is 5.88. The average molecular weight is 270 g/mol. The van der Waals surface area contributed by atoms with Crippen LogP contribution >= 0.6 is 0 Å². The van der Waals surface area contributed by atoms with E-state index in [1.807, 2.05) is 27.2 Å². The zero-order chi connectivity index (χ0) is 14.3. The van der Waals surface area contributed by atoms with Crippen LogP contribution in [0.15, 0.2) is 18.8 Å². The Labute approximate surface area is 120 Å². The van der Waals surface area contributed by atoms with Crippen molar-refractivity contribution >= 4 is 16.7 Å². The van der Waals surface area contributed by atoms with Gasteiger partial charge >= 0.3 is 0 Å². The fourth-order valence-electron chi connectivity index (χ4n) is 3.08. The molecule has 1 fully saturated rings. The fraction of sp³-hybridized carbons (Fsp3) is 0.500. The standard InChI is InChI=1S/C16H22N4/c1-11(19(3)4)15-9-13-10-17-12(2)18-16(13)20(15)14-7-5-6-8-14/h9-10,14H,1,5-8H2,2-4H3. The van der Waals surface area contributed by atoms with Crippen molar-refractivity contribution in [1.82, 2.24) is 19.4 Å². The lowest BCUT2D eigenvalue weighted by Crippen LogP contribution is -2.15. The largest absolute Gasteiger partial charge is 0.376 e. The topological polar surface area (TPSA) is 34.0 Å². The first-order valence-electron chi connectivity index (χ1n) is 7.29. The van der Waals surface area contributed by atoms with Crippen LogP contribution in [0.2, 0.25) is 0 Å². The molecule has 1 aliphatic carbocycles. The van der Waals surface area contributed by atoms with E-state index in [0.717, 1.165) is 22.6 Å². The van der Waals surface area contributed by atoms with Gasteiger partial charge in [0.15, 0.2) is 0 Å². The number of nitrogens with zero attached hydrogens (tertiary/aromatic N) is 4. The molecule has 0 bridgehead atoms. The fourth-order valence-corrected chi connectivity index (χ4v) is 3.08. The molecule has 2 aromatic heterocycles. The lowest BCUT2D eigenvalue weighted by molar-refractivity contribution is 0.512. The molecule has 4 heteroatoms. The van der Waals surface area contributed by atoms with Gasteiger partial charge in [-0.2, -0.15) is 0 Å². The van der Waals surface area contributed by atoms with Gasteiger partial charge in [0.25, 0.3) is 0 Å². The van der Waals surface area contributed by atoms with Gasteiger partial charge in [0.05, 0.1) is 11.4 Å². The van der Waals surface area contributed by atoms with E-state index in [9.17, 15) is 0 Å². The summed E-state index contributed by atoms with van der Waals surface area (Å²) in [4.78, 5) is 11.1. The first-order valence-corrected chi connectivity index (χ1v) is 7.29. The molecule has 4 nitrogen and oxygen atoms in total. The predicted octanol–water partition coefficient (Wildman–Crippen LogP) is 3.39. The summed E-state index contributed by atoms with van der Waals surface area (Å²) in [6.07, 6.45) is 7.02. The molecular weight excluding hydrogens is 248 g/mol. The molecule has 0 amide bonds. The van der Waals surface area contributed by atoms with Gasteiger partial charge in [0.1, 0.15) is 11.5 Å². The maximum absolute atomic E-state index is 4.67. The monoisotopic (exact) mass is 270 g/mol. The van der Waals surface area contributed by atoms with Crippen molar-refractivity contribution in [2.45, 2.75) is 38.6 Å². The summed E-state index contributed by atoms with van der Waals surface area (Å²) in [7, 11) is 4.08. The summed E-state index contributed by atoms with van der Waals surface area (Å²) in [5.74, 6) is 0.830. The minimum absolute atomic E-state index is 0.550. The zero-order valence-electron chi connectivity index (χ0n) is 12.6. The van der Waals surface area contributed by atoms with E-state index < -0.39 is 0 Å². The molecule has 1 aliphatic rings. The Kier molecular flexibility index (Phi) is 3.24. The molecule has 1 saturated carbocycles. The van der Waals surface area contributed by atoms with E-state index >= 15 is 0 Å². The summed E-state index contributed by atoms with van der Waals surface area (Å²) in [5.41, 5.74) is 3.27. The quantitative estimate of drug-likeness (QED) is 0.857. The van der Waals surface area contributed by atoms with Crippen molar-refractivity contribution in [2.75, 3.05) is 14.1 Å². The highest BCUT2D eigenvalue weighted by Gasteiger charge is 2.24. The van der Waals surface area contributed by atoms with Gasteiger partial charge in [-0.25, -0.2) is 9.97 Å². The molecule has 2 heterocycles. The minimum atomic E-state index is 0.550. The number of hydrogen-bond acceptors (Lipinski definition) is 3. The SMILES string of the molecule is C=C(c1cc2cnc(C)nc2n1C1CCCC1)N(C)C. The Morgan fingerprint density at radius 3 is 2.70 bits per heavy atom. The van der Waals surface area contributed by atoms with Gasteiger partial charge in [-0.1, -0.05) is 19.4 Å². The Hall–Kier alpha value is -1.84. The van der Waals surface area contributed by atoms with Crippen LogP contribution in [0.25, 0.3) is 16.7 Å². The summed E-state index contributed by atoms with van der Waals surface area (Å²) in [6.45, 7) is 6.18. The number of fused-ring (bicyclic) bond motifs is 1. The number of aromatic nitrogens is 3. The first kappa shape index (κ1) is 13.2. The number of aryl methyl sites for hydroxylation is 1. The molecular formula is C16H22N4. The molecule has 0 atom stereocenters. The van der Waals surface area contributed by atoms with E-state index in [4.69, 9.17) is 0 Å². The maximum Gasteiger partial charge on any atom is 0.144 e. The van der Waals surface area contributed by atoms with Crippen molar-refractivity contribution < 1.29 is 0 Å². The molecule has 0 unspecified atom stereocenters. The van der Waals surface area contributed by atoms with E-state index in [1.165, 1.54) is 31.4 Å². The van der Waals surface area contributed by atoms with E-state index in [-0.39, 0.29) is 0 Å². The lowest BCUT2D eigenvalue weighted by atomic mass is 10.2. The third kappa shape index (κ3) is 2.09. The molecule has 0 saturated heterocycles. The van der Waals surface area contributed by atoms with Crippen LogP contribution in [0, 0.1) is 6.92 Å². The molecule has 3 rings (SSSR count). The highest BCUT2D eigenvalue weighted by Crippen LogP contribution is 2.36. The van der Waals surface area contributed by atoms with Crippen LogP contribution in [0.4, 0.5) is 0 Å². The highest BCUT2D eigenvalue weighted by atomic mass is 15.2. The van der Waals surface area contributed by atoms with Crippen molar-refractivity contribution in [3.05, 3.63) is 30.4 Å². The van der Waals surface area contributed by atoms with Crippen LogP contribution in [0.5, 0.6) is 0 Å². The third-order valence-corrected chi connectivity index (χ3v) is 4.22. The lowest BCUT2D eigenvalue weighted by Gasteiger charge is -2.22. The Balaban J connectivity index is 2.22. The third-order valence-electron chi connectivity index (χ3n) is 4.22. The van der Waals surface area contributed by atoms with Gasteiger partial charge < -0.3 is 9.47 Å². The molecule has 106 valence electrons. The van der Waals surface area contributed by atoms with Crippen LogP contribution in [0.1, 0.15) is 43.2 Å². The zero-order valence-corrected chi connectivity index (χ0v) is 12.6. The molecule has 0 spiro atoms. The summed E-state index contributed by atoms with van der Waals surface area (Å²) in [6, 6.07) is 2.73. The van der Waals surface area contributed by atoms with Gasteiger partial charge in [0.2, 0.25) is 0 Å². The molecule has 0 N–H and O–H groups in total. The Bertz CT molecular complexity index is 648. The van der Waals surface area contributed by atoms with Gasteiger partial charge in [0, 0.05) is 31.7 Å². The summed E-state index contributed by atoms with van der Waals surface area (Å²) >= 11 is 0. The normalized spacial score (nSPS) is 15.9. The summed E-state index contributed by atoms with van der Waals surface area (Å²) < 4.78 is 2.39. The van der Waals surface area contributed by atoms with Crippen LogP contribution in [0.3, 0.4) is 0 Å². The predicted molar refractivity (Wildman–Crippen MR) is 82.5 cm³/mol. The first-order chi connectivity index (χ1) is 9.58. The molecule has 0 aliphatic heterocycles. The van der Waals surface area contributed by atoms with E-state index in [2.05, 4.69) is 32.1 Å². The average Bonchev–Trinajstić information content (AvgIpc) is 3.03. The van der Waals surface area contributed by atoms with Crippen molar-refractivity contribution in [2.24, 2.45) is 0 Å². The van der Waals surface area contributed by atoms with Crippen LogP contribution in [-0.4, -0.2) is 33.5 Å². The van der Waals surface area contributed by atoms with Crippen molar-refractivity contribution in [3.8, 4) is 0 Å². The Morgan fingerprint density at radius 1 is 1.35 bits per heavy atom. The van der Waals surface area contributed by atoms with Gasteiger partial charge in [-0.3, -0.25) is 0 Å². The number of hydrogen-bond donors (Lipinski definition) is 0. The van der Waals surface area contributed by atoms with Gasteiger partial charge in [-0.05, 0) is 25.8 Å². The van der Waals surface area contributed by atoms with Crippen molar-refractivity contribution in [3.63, 3.8) is 0 Å². The maximum atomic E-state index is 4.67. The second-order valence-electron chi connectivity index (χ2n) is 5.88. The van der Waals surface area contributed by atoms with Gasteiger partial charge in [-0.15, -0.1) is 0 Å². The highest BCUT2D eigenvalue weighted by molar-refractivity contribution is 5.81.